The van der Waals surface area contributed by atoms with Crippen molar-refractivity contribution in [2.75, 3.05) is 32.8 Å². The van der Waals surface area contributed by atoms with Crippen molar-refractivity contribution in [3.8, 4) is 6.19 Å². The number of amides is 1. The first kappa shape index (κ1) is 16.2. The minimum atomic E-state index is -0.352. The number of carbonyl (C=O) groups excluding carboxylic acids is 1. The number of aromatic nitrogens is 1. The van der Waals surface area contributed by atoms with Crippen LogP contribution in [0.15, 0.2) is 0 Å². The van der Waals surface area contributed by atoms with Crippen LogP contribution in [-0.2, 0) is 16.1 Å². The summed E-state index contributed by atoms with van der Waals surface area (Å²) < 4.78 is 5.38. The second-order valence-electron chi connectivity index (χ2n) is 5.98. The van der Waals surface area contributed by atoms with Crippen molar-refractivity contribution in [3.63, 3.8) is 0 Å². The molecule has 0 aliphatic carbocycles. The first-order valence-electron chi connectivity index (χ1n) is 7.82. The highest BCUT2D eigenvalue weighted by Gasteiger charge is 2.40. The molecule has 8 heteroatoms. The molecule has 23 heavy (non-hydrogen) atoms. The van der Waals surface area contributed by atoms with E-state index in [1.807, 2.05) is 6.92 Å². The van der Waals surface area contributed by atoms with E-state index in [4.69, 9.17) is 10.5 Å². The van der Waals surface area contributed by atoms with Gasteiger partial charge in [-0.05, 0) is 13.3 Å². The molecule has 1 amide bonds. The molecule has 2 saturated heterocycles. The van der Waals surface area contributed by atoms with Gasteiger partial charge in [-0.15, -0.1) is 11.3 Å². The van der Waals surface area contributed by atoms with Crippen molar-refractivity contribution in [1.29, 1.82) is 5.26 Å². The molecule has 3 heterocycles. The maximum atomic E-state index is 11.7. The van der Waals surface area contributed by atoms with Gasteiger partial charge in [-0.3, -0.25) is 14.6 Å². The summed E-state index contributed by atoms with van der Waals surface area (Å²) in [7, 11) is 0. The highest BCUT2D eigenvalue weighted by molar-refractivity contribution is 7.11. The van der Waals surface area contributed by atoms with Crippen LogP contribution in [0.4, 0.5) is 0 Å². The van der Waals surface area contributed by atoms with Crippen LogP contribution in [0.5, 0.6) is 0 Å². The molecule has 2 atom stereocenters. The highest BCUT2D eigenvalue weighted by atomic mass is 32.1. The van der Waals surface area contributed by atoms with E-state index in [2.05, 4.69) is 16.1 Å². The molecular formula is C15H21N5O2S. The summed E-state index contributed by atoms with van der Waals surface area (Å²) >= 11 is 1.60. The summed E-state index contributed by atoms with van der Waals surface area (Å²) in [6, 6.07) is -0.306. The molecule has 7 nitrogen and oxygen atoms in total. The summed E-state index contributed by atoms with van der Waals surface area (Å²) in [5.74, 6) is -0.688. The number of likely N-dealkylation sites (tertiary alicyclic amines) is 1. The van der Waals surface area contributed by atoms with E-state index in [1.54, 1.807) is 16.2 Å². The van der Waals surface area contributed by atoms with Crippen molar-refractivity contribution in [2.45, 2.75) is 25.9 Å². The van der Waals surface area contributed by atoms with Crippen LogP contribution in [0.1, 0.15) is 28.0 Å². The molecule has 0 aromatic carbocycles. The van der Waals surface area contributed by atoms with Gasteiger partial charge in [-0.2, -0.15) is 5.26 Å². The predicted molar refractivity (Wildman–Crippen MR) is 85.3 cm³/mol. The minimum Gasteiger partial charge on any atom is -0.379 e. The number of aryl methyl sites for hydroxylation is 1. The monoisotopic (exact) mass is 335 g/mol. The topological polar surface area (TPSA) is 95.5 Å². The number of rotatable bonds is 4. The van der Waals surface area contributed by atoms with E-state index >= 15 is 0 Å². The molecular weight excluding hydrogens is 314 g/mol. The Kier molecular flexibility index (Phi) is 4.80. The molecule has 2 N–H and O–H groups in total. The number of hydrogen-bond acceptors (Lipinski definition) is 7. The maximum Gasteiger partial charge on any atom is 0.223 e. The zero-order valence-electron chi connectivity index (χ0n) is 13.2. The van der Waals surface area contributed by atoms with Gasteiger partial charge in [-0.25, -0.2) is 4.98 Å². The molecule has 0 spiro atoms. The average Bonchev–Trinajstić information content (AvgIpc) is 3.12. The number of nitrogens with two attached hydrogens (primary N) is 1. The van der Waals surface area contributed by atoms with Gasteiger partial charge < -0.3 is 10.5 Å². The molecule has 1 unspecified atom stereocenters. The molecule has 0 bridgehead atoms. The standard InChI is InChI=1S/C15H21N5O2S/c1-10-12(8-19-4-6-22-7-5-19)23-15(18-10)13-11(14(17)21)2-3-20(13)9-16/h11,13H,2-8H2,1H3,(H2,17,21)/t11?,13-/m0/s1. The van der Waals surface area contributed by atoms with Crippen molar-refractivity contribution >= 4 is 17.2 Å². The molecule has 0 radical (unpaired) electrons. The van der Waals surface area contributed by atoms with E-state index < -0.39 is 0 Å². The zero-order valence-corrected chi connectivity index (χ0v) is 14.0. The van der Waals surface area contributed by atoms with Crippen LogP contribution >= 0.6 is 11.3 Å². The van der Waals surface area contributed by atoms with E-state index in [0.717, 1.165) is 43.5 Å². The molecule has 2 fully saturated rings. The van der Waals surface area contributed by atoms with Crippen molar-refractivity contribution in [2.24, 2.45) is 11.7 Å². The Balaban J connectivity index is 1.81. The molecule has 124 valence electrons. The van der Waals surface area contributed by atoms with Crippen LogP contribution in [0.3, 0.4) is 0 Å². The predicted octanol–water partition coefficient (Wildman–Crippen LogP) is 0.613. The first-order valence-corrected chi connectivity index (χ1v) is 8.63. The number of carbonyl (C=O) groups is 1. The lowest BCUT2D eigenvalue weighted by Gasteiger charge is -2.26. The van der Waals surface area contributed by atoms with Gasteiger partial charge in [-0.1, -0.05) is 0 Å². The van der Waals surface area contributed by atoms with E-state index in [1.165, 1.54) is 4.88 Å². The lowest BCUT2D eigenvalue weighted by atomic mass is 10.0. The Morgan fingerprint density at radius 1 is 1.48 bits per heavy atom. The number of morpholine rings is 1. The van der Waals surface area contributed by atoms with Crippen molar-refractivity contribution in [1.82, 2.24) is 14.8 Å². The molecule has 3 rings (SSSR count). The minimum absolute atomic E-state index is 0.306. The SMILES string of the molecule is Cc1nc([C@@H]2C(C(N)=O)CCN2C#N)sc1CN1CCOCC1. The smallest absolute Gasteiger partial charge is 0.223 e. The van der Waals surface area contributed by atoms with Gasteiger partial charge in [0, 0.05) is 31.1 Å². The molecule has 1 aromatic rings. The van der Waals surface area contributed by atoms with E-state index in [0.29, 0.717) is 13.0 Å². The zero-order chi connectivity index (χ0) is 16.4. The fourth-order valence-corrected chi connectivity index (χ4v) is 4.48. The van der Waals surface area contributed by atoms with Crippen LogP contribution in [0.2, 0.25) is 0 Å². The van der Waals surface area contributed by atoms with Crippen LogP contribution < -0.4 is 5.73 Å². The lowest BCUT2D eigenvalue weighted by Crippen LogP contribution is -2.35. The summed E-state index contributed by atoms with van der Waals surface area (Å²) in [6.07, 6.45) is 2.79. The van der Waals surface area contributed by atoms with Gasteiger partial charge in [0.1, 0.15) is 11.0 Å². The second kappa shape index (κ2) is 6.83. The number of nitrogens with zero attached hydrogens (tertiary/aromatic N) is 4. The van der Waals surface area contributed by atoms with E-state index in [9.17, 15) is 10.1 Å². The van der Waals surface area contributed by atoms with Crippen molar-refractivity contribution < 1.29 is 9.53 Å². The van der Waals surface area contributed by atoms with Gasteiger partial charge in [0.2, 0.25) is 5.91 Å². The van der Waals surface area contributed by atoms with Crippen molar-refractivity contribution in [3.05, 3.63) is 15.6 Å². The van der Waals surface area contributed by atoms with Gasteiger partial charge >= 0.3 is 0 Å². The Labute approximate surface area is 139 Å². The van der Waals surface area contributed by atoms with Gasteiger partial charge in [0.15, 0.2) is 6.19 Å². The third-order valence-electron chi connectivity index (χ3n) is 4.52. The largest absolute Gasteiger partial charge is 0.379 e. The normalized spacial score (nSPS) is 25.5. The summed E-state index contributed by atoms with van der Waals surface area (Å²) in [4.78, 5) is 21.5. The van der Waals surface area contributed by atoms with E-state index in [-0.39, 0.29) is 17.9 Å². The Bertz CT molecular complexity index is 620. The Hall–Kier alpha value is -1.69. The van der Waals surface area contributed by atoms with Crippen LogP contribution in [-0.4, -0.2) is 53.5 Å². The summed E-state index contributed by atoms with van der Waals surface area (Å²) in [5.41, 5.74) is 6.49. The number of nitriles is 1. The van der Waals surface area contributed by atoms with Gasteiger partial charge in [0.05, 0.1) is 24.8 Å². The summed E-state index contributed by atoms with van der Waals surface area (Å²) in [5, 5.41) is 10.1. The molecule has 2 aliphatic rings. The first-order chi connectivity index (χ1) is 11.1. The third kappa shape index (κ3) is 3.32. The van der Waals surface area contributed by atoms with Crippen LogP contribution in [0, 0.1) is 24.3 Å². The third-order valence-corrected chi connectivity index (χ3v) is 5.74. The Morgan fingerprint density at radius 2 is 2.22 bits per heavy atom. The van der Waals surface area contributed by atoms with Gasteiger partial charge in [0.25, 0.3) is 0 Å². The summed E-state index contributed by atoms with van der Waals surface area (Å²) in [6.45, 7) is 6.76. The van der Waals surface area contributed by atoms with Crippen LogP contribution in [0.25, 0.3) is 0 Å². The molecule has 0 saturated carbocycles. The number of primary amides is 1. The Morgan fingerprint density at radius 3 is 2.87 bits per heavy atom. The number of thiazole rings is 1. The number of hydrogen-bond donors (Lipinski definition) is 1. The lowest BCUT2D eigenvalue weighted by molar-refractivity contribution is -0.122. The average molecular weight is 335 g/mol. The fourth-order valence-electron chi connectivity index (χ4n) is 3.19. The quantitative estimate of drug-likeness (QED) is 0.810. The fraction of sp³-hybridized carbons (Fsp3) is 0.667. The maximum absolute atomic E-state index is 11.7. The second-order valence-corrected chi connectivity index (χ2v) is 7.10. The molecule has 2 aliphatic heterocycles. The molecule has 1 aromatic heterocycles. The number of ether oxygens (including phenoxy) is 1. The highest BCUT2D eigenvalue weighted by Crippen LogP contribution is 2.39.